The van der Waals surface area contributed by atoms with Crippen molar-refractivity contribution in [1.29, 1.82) is 0 Å². The minimum Gasteiger partial charge on any atom is -0.501 e. The number of carboxylic acids is 1. The standard InChI is InChI=1S/C28H38BrNO4/c1-6-9-11-22(10-7-2)27-30-26(20(5)34-27)15-17-33-16-14-21-12-13-24(23(8-3)28(31)32)25(21)18-19(4)29/h9-11,14,16,18,23-24H,6-8,12-13,15,17H2,1-5H3,(H,31,32)/b11-9-,16-14+,19-18+,22-10+. The lowest BCUT2D eigenvalue weighted by molar-refractivity contribution is -0.143. The van der Waals surface area contributed by atoms with Gasteiger partial charge in [0, 0.05) is 12.0 Å². The SMILES string of the molecule is CC/C=C\C(=C/CC)c1nc(CCO/C=C/C2=C(/C=C(\C)Br)C(C(CC)C(=O)O)CC2)c(C)o1. The van der Waals surface area contributed by atoms with Crippen LogP contribution in [-0.4, -0.2) is 22.7 Å². The molecule has 186 valence electrons. The number of ether oxygens (including phenoxy) is 1. The molecule has 1 aliphatic rings. The number of nitrogens with zero attached hydrogens (tertiary/aromatic N) is 1. The molecule has 0 amide bonds. The molecule has 2 rings (SSSR count). The van der Waals surface area contributed by atoms with Crippen molar-refractivity contribution >= 4 is 27.5 Å². The Kier molecular flexibility index (Phi) is 11.6. The van der Waals surface area contributed by atoms with Gasteiger partial charge in [-0.1, -0.05) is 54.9 Å². The van der Waals surface area contributed by atoms with Gasteiger partial charge in [-0.3, -0.25) is 4.79 Å². The molecule has 1 heterocycles. The van der Waals surface area contributed by atoms with E-state index < -0.39 is 5.97 Å². The Morgan fingerprint density at radius 2 is 2.09 bits per heavy atom. The Morgan fingerprint density at radius 3 is 2.71 bits per heavy atom. The molecule has 1 N–H and O–H groups in total. The number of aliphatic carboxylic acids is 1. The molecule has 2 unspecified atom stereocenters. The van der Waals surface area contributed by atoms with Gasteiger partial charge < -0.3 is 14.3 Å². The van der Waals surface area contributed by atoms with Crippen LogP contribution in [0.4, 0.5) is 0 Å². The number of hydrogen-bond acceptors (Lipinski definition) is 4. The first-order valence-electron chi connectivity index (χ1n) is 12.2. The van der Waals surface area contributed by atoms with Crippen molar-refractivity contribution in [3.63, 3.8) is 0 Å². The third-order valence-corrected chi connectivity index (χ3v) is 6.24. The second-order valence-corrected chi connectivity index (χ2v) is 9.78. The van der Waals surface area contributed by atoms with Crippen molar-refractivity contribution in [3.8, 4) is 0 Å². The van der Waals surface area contributed by atoms with E-state index in [2.05, 4.69) is 59.1 Å². The van der Waals surface area contributed by atoms with Gasteiger partial charge in [-0.25, -0.2) is 4.98 Å². The zero-order valence-corrected chi connectivity index (χ0v) is 22.7. The summed E-state index contributed by atoms with van der Waals surface area (Å²) in [7, 11) is 0. The van der Waals surface area contributed by atoms with Gasteiger partial charge in [0.05, 0.1) is 24.5 Å². The van der Waals surface area contributed by atoms with E-state index in [1.807, 2.05) is 26.8 Å². The highest BCUT2D eigenvalue weighted by Gasteiger charge is 2.33. The van der Waals surface area contributed by atoms with Gasteiger partial charge in [0.1, 0.15) is 5.76 Å². The fraction of sp³-hybridized carbons (Fsp3) is 0.500. The summed E-state index contributed by atoms with van der Waals surface area (Å²) in [5, 5.41) is 9.64. The Hall–Kier alpha value is -2.34. The van der Waals surface area contributed by atoms with Crippen LogP contribution in [-0.2, 0) is 16.0 Å². The maximum absolute atomic E-state index is 11.7. The summed E-state index contributed by atoms with van der Waals surface area (Å²) in [4.78, 5) is 16.4. The number of carbonyl (C=O) groups is 1. The van der Waals surface area contributed by atoms with Gasteiger partial charge >= 0.3 is 5.97 Å². The molecule has 0 aliphatic heterocycles. The first-order valence-corrected chi connectivity index (χ1v) is 13.0. The lowest BCUT2D eigenvalue weighted by Gasteiger charge is -2.20. The van der Waals surface area contributed by atoms with Gasteiger partial charge in [-0.05, 0) is 79.7 Å². The Morgan fingerprint density at radius 1 is 1.32 bits per heavy atom. The van der Waals surface area contributed by atoms with Crippen LogP contribution in [0.15, 0.2) is 56.7 Å². The number of hydrogen-bond donors (Lipinski definition) is 1. The minimum absolute atomic E-state index is 0.0259. The van der Waals surface area contributed by atoms with E-state index in [1.54, 1.807) is 6.26 Å². The summed E-state index contributed by atoms with van der Waals surface area (Å²) in [6.45, 7) is 10.5. The molecule has 5 nitrogen and oxygen atoms in total. The van der Waals surface area contributed by atoms with Crippen LogP contribution in [0.2, 0.25) is 0 Å². The first kappa shape index (κ1) is 27.9. The predicted octanol–water partition coefficient (Wildman–Crippen LogP) is 7.93. The molecule has 0 aromatic carbocycles. The van der Waals surface area contributed by atoms with Gasteiger partial charge in [0.15, 0.2) is 0 Å². The van der Waals surface area contributed by atoms with Crippen molar-refractivity contribution in [2.24, 2.45) is 11.8 Å². The average molecular weight is 533 g/mol. The van der Waals surface area contributed by atoms with Gasteiger partial charge in [-0.15, -0.1) is 0 Å². The summed E-state index contributed by atoms with van der Waals surface area (Å²) in [6, 6.07) is 0. The number of allylic oxidation sites excluding steroid dienone is 9. The molecule has 0 bridgehead atoms. The highest BCUT2D eigenvalue weighted by Crippen LogP contribution is 2.40. The topological polar surface area (TPSA) is 72.6 Å². The molecule has 0 radical (unpaired) electrons. The smallest absolute Gasteiger partial charge is 0.307 e. The molecule has 0 spiro atoms. The van der Waals surface area contributed by atoms with Crippen LogP contribution in [0, 0.1) is 18.8 Å². The number of rotatable bonds is 13. The molecule has 1 aromatic rings. The van der Waals surface area contributed by atoms with Gasteiger partial charge in [-0.2, -0.15) is 0 Å². The maximum atomic E-state index is 11.7. The molecule has 2 atom stereocenters. The van der Waals surface area contributed by atoms with E-state index in [0.717, 1.165) is 58.3 Å². The van der Waals surface area contributed by atoms with Crippen molar-refractivity contribution in [3.05, 3.63) is 69.6 Å². The number of aryl methyl sites for hydroxylation is 1. The Labute approximate surface area is 212 Å². The molecule has 1 aliphatic carbocycles. The molecule has 0 saturated heterocycles. The molecule has 1 aromatic heterocycles. The fourth-order valence-corrected chi connectivity index (χ4v) is 4.57. The third-order valence-electron chi connectivity index (χ3n) is 6.01. The molecule has 0 saturated carbocycles. The highest BCUT2D eigenvalue weighted by molar-refractivity contribution is 9.11. The van der Waals surface area contributed by atoms with Crippen molar-refractivity contribution in [1.82, 2.24) is 4.98 Å². The predicted molar refractivity (Wildman–Crippen MR) is 142 cm³/mol. The first-order chi connectivity index (χ1) is 16.3. The molecular formula is C28H38BrNO4. The Balaban J connectivity index is 2.05. The minimum atomic E-state index is -0.725. The van der Waals surface area contributed by atoms with Crippen LogP contribution in [0.25, 0.3) is 5.57 Å². The largest absolute Gasteiger partial charge is 0.501 e. The lowest BCUT2D eigenvalue weighted by atomic mass is 9.84. The van der Waals surface area contributed by atoms with Crippen LogP contribution < -0.4 is 0 Å². The summed E-state index contributed by atoms with van der Waals surface area (Å²) >= 11 is 3.51. The van der Waals surface area contributed by atoms with Crippen molar-refractivity contribution < 1.29 is 19.1 Å². The quantitative estimate of drug-likeness (QED) is 0.159. The summed E-state index contributed by atoms with van der Waals surface area (Å²) < 4.78 is 12.7. The average Bonchev–Trinajstić information content (AvgIpc) is 3.34. The molecule has 34 heavy (non-hydrogen) atoms. The Bertz CT molecular complexity index is 977. The summed E-state index contributed by atoms with van der Waals surface area (Å²) in [5.41, 5.74) is 4.15. The zero-order valence-electron chi connectivity index (χ0n) is 21.1. The van der Waals surface area contributed by atoms with Crippen LogP contribution in [0.5, 0.6) is 0 Å². The highest BCUT2D eigenvalue weighted by atomic mass is 79.9. The van der Waals surface area contributed by atoms with Crippen molar-refractivity contribution in [2.75, 3.05) is 6.61 Å². The van der Waals surface area contributed by atoms with E-state index in [0.29, 0.717) is 25.3 Å². The number of carboxylic acid groups (broad SMARTS) is 1. The van der Waals surface area contributed by atoms with E-state index in [-0.39, 0.29) is 11.8 Å². The normalized spacial score (nSPS) is 18.5. The third kappa shape index (κ3) is 7.86. The fourth-order valence-electron chi connectivity index (χ4n) is 4.32. The maximum Gasteiger partial charge on any atom is 0.307 e. The monoisotopic (exact) mass is 531 g/mol. The number of halogens is 1. The van der Waals surface area contributed by atoms with Crippen LogP contribution in [0.3, 0.4) is 0 Å². The van der Waals surface area contributed by atoms with Crippen LogP contribution >= 0.6 is 15.9 Å². The summed E-state index contributed by atoms with van der Waals surface area (Å²) in [6.07, 6.45) is 16.9. The van der Waals surface area contributed by atoms with E-state index in [9.17, 15) is 9.90 Å². The molecular weight excluding hydrogens is 494 g/mol. The number of aromatic nitrogens is 1. The molecule has 6 heteroatoms. The number of oxazole rings is 1. The van der Waals surface area contributed by atoms with Gasteiger partial charge in [0.2, 0.25) is 5.89 Å². The summed E-state index contributed by atoms with van der Waals surface area (Å²) in [5.74, 6) is 0.403. The second kappa shape index (κ2) is 14.1. The van der Waals surface area contributed by atoms with Crippen molar-refractivity contribution in [2.45, 2.75) is 73.1 Å². The van der Waals surface area contributed by atoms with Gasteiger partial charge in [0.25, 0.3) is 0 Å². The zero-order chi connectivity index (χ0) is 25.1. The lowest BCUT2D eigenvalue weighted by Crippen LogP contribution is -2.22. The van der Waals surface area contributed by atoms with Crippen LogP contribution in [0.1, 0.15) is 77.1 Å². The van der Waals surface area contributed by atoms with E-state index >= 15 is 0 Å². The second-order valence-electron chi connectivity index (χ2n) is 8.53. The molecule has 0 fully saturated rings. The van der Waals surface area contributed by atoms with E-state index in [4.69, 9.17) is 9.15 Å². The van der Waals surface area contributed by atoms with E-state index in [1.165, 1.54) is 0 Å².